The molecule has 0 bridgehead atoms. The molecule has 0 aromatic rings. The number of nitrogens with one attached hydrogen (secondary N) is 1. The van der Waals surface area contributed by atoms with Gasteiger partial charge in [-0.2, -0.15) is 0 Å². The highest BCUT2D eigenvalue weighted by Gasteiger charge is 2.23. The van der Waals surface area contributed by atoms with Gasteiger partial charge in [0.25, 0.3) is 0 Å². The highest BCUT2D eigenvalue weighted by molar-refractivity contribution is 5.77. The summed E-state index contributed by atoms with van der Waals surface area (Å²) in [5, 5.41) is 23.7. The van der Waals surface area contributed by atoms with Gasteiger partial charge in [-0.3, -0.25) is 9.59 Å². The van der Waals surface area contributed by atoms with E-state index in [-0.39, 0.29) is 24.9 Å². The van der Waals surface area contributed by atoms with Gasteiger partial charge in [0.2, 0.25) is 5.91 Å². The van der Waals surface area contributed by atoms with Gasteiger partial charge in [0, 0.05) is 12.8 Å². The highest BCUT2D eigenvalue weighted by atomic mass is 16.5. The van der Waals surface area contributed by atoms with Crippen molar-refractivity contribution >= 4 is 11.9 Å². The van der Waals surface area contributed by atoms with Crippen molar-refractivity contribution in [2.75, 3.05) is 6.61 Å². The van der Waals surface area contributed by atoms with E-state index in [2.05, 4.69) is 74.7 Å². The lowest BCUT2D eigenvalue weighted by molar-refractivity contribution is -0.150. The van der Waals surface area contributed by atoms with Crippen molar-refractivity contribution in [2.24, 2.45) is 0 Å². The molecule has 0 heterocycles. The number of amides is 1. The van der Waals surface area contributed by atoms with Crippen molar-refractivity contribution in [3.8, 4) is 0 Å². The molecule has 1 amide bonds. The van der Waals surface area contributed by atoms with Gasteiger partial charge in [0.05, 0.1) is 25.2 Å². The number of hydrogen-bond donors (Lipinski definition) is 3. The Kier molecular flexibility index (Phi) is 45.8. The zero-order valence-corrected chi connectivity index (χ0v) is 40.0. The second-order valence-corrected chi connectivity index (χ2v) is 16.6. The van der Waals surface area contributed by atoms with Crippen LogP contribution in [0.2, 0.25) is 0 Å². The van der Waals surface area contributed by atoms with Gasteiger partial charge in [-0.05, 0) is 64.2 Å². The molecule has 6 heteroatoms. The van der Waals surface area contributed by atoms with Crippen molar-refractivity contribution in [3.63, 3.8) is 0 Å². The predicted molar refractivity (Wildman–Crippen MR) is 268 cm³/mol. The number of carbonyl (C=O) groups excluding carboxylic acids is 2. The second-order valence-electron chi connectivity index (χ2n) is 16.6. The van der Waals surface area contributed by atoms with Crippen LogP contribution in [0, 0.1) is 0 Å². The van der Waals surface area contributed by atoms with E-state index in [0.29, 0.717) is 19.3 Å². The Balaban J connectivity index is 4.83. The Morgan fingerprint density at radius 2 is 0.968 bits per heavy atom. The summed E-state index contributed by atoms with van der Waals surface area (Å²) >= 11 is 0. The van der Waals surface area contributed by atoms with E-state index < -0.39 is 18.2 Å². The third-order valence-corrected chi connectivity index (χ3v) is 10.7. The summed E-state index contributed by atoms with van der Waals surface area (Å²) in [5.41, 5.74) is 0. The summed E-state index contributed by atoms with van der Waals surface area (Å²) < 4.78 is 5.84. The third-order valence-electron chi connectivity index (χ3n) is 10.7. The second kappa shape index (κ2) is 48.6. The minimum absolute atomic E-state index is 0.0224. The Morgan fingerprint density at radius 1 is 0.516 bits per heavy atom. The molecule has 0 aliphatic heterocycles. The molecule has 0 fully saturated rings. The number of carbonyl (C=O) groups is 2. The van der Waals surface area contributed by atoms with Crippen molar-refractivity contribution in [1.29, 1.82) is 0 Å². The predicted octanol–water partition coefficient (Wildman–Crippen LogP) is 15.1. The Labute approximate surface area is 381 Å². The van der Waals surface area contributed by atoms with E-state index in [4.69, 9.17) is 4.74 Å². The van der Waals surface area contributed by atoms with Gasteiger partial charge in [0.15, 0.2) is 0 Å². The number of allylic oxidation sites excluding steroid dienone is 17. The van der Waals surface area contributed by atoms with Crippen molar-refractivity contribution in [3.05, 3.63) is 109 Å². The maximum absolute atomic E-state index is 13.2. The minimum atomic E-state index is -0.825. The Morgan fingerprint density at radius 3 is 1.53 bits per heavy atom. The first kappa shape index (κ1) is 58.5. The smallest absolute Gasteiger partial charge is 0.306 e. The largest absolute Gasteiger partial charge is 0.461 e. The molecular weight excluding hydrogens is 767 g/mol. The van der Waals surface area contributed by atoms with Crippen LogP contribution in [0.1, 0.15) is 207 Å². The maximum atomic E-state index is 13.2. The van der Waals surface area contributed by atoms with Crippen LogP contribution in [0.5, 0.6) is 0 Å². The summed E-state index contributed by atoms with van der Waals surface area (Å²) in [5.74, 6) is -0.636. The van der Waals surface area contributed by atoms with Crippen LogP contribution in [0.3, 0.4) is 0 Å². The summed E-state index contributed by atoms with van der Waals surface area (Å²) in [6.07, 6.45) is 65.8. The summed E-state index contributed by atoms with van der Waals surface area (Å²) in [6.45, 7) is 6.26. The van der Waals surface area contributed by atoms with Crippen LogP contribution in [-0.4, -0.2) is 46.9 Å². The molecule has 3 unspecified atom stereocenters. The van der Waals surface area contributed by atoms with Gasteiger partial charge in [-0.25, -0.2) is 0 Å². The average Bonchev–Trinajstić information content (AvgIpc) is 3.26. The summed E-state index contributed by atoms with van der Waals surface area (Å²) in [4.78, 5) is 26.1. The van der Waals surface area contributed by atoms with Gasteiger partial charge in [-0.15, -0.1) is 0 Å². The van der Waals surface area contributed by atoms with E-state index >= 15 is 0 Å². The number of aliphatic hydroxyl groups excluding tert-OH is 2. The first-order valence-corrected chi connectivity index (χ1v) is 25.2. The molecule has 0 spiro atoms. The van der Waals surface area contributed by atoms with E-state index in [9.17, 15) is 19.8 Å². The summed E-state index contributed by atoms with van der Waals surface area (Å²) in [7, 11) is 0. The van der Waals surface area contributed by atoms with E-state index in [1.807, 2.05) is 60.8 Å². The molecule has 3 atom stereocenters. The van der Waals surface area contributed by atoms with Crippen molar-refractivity contribution in [2.45, 2.75) is 225 Å². The van der Waals surface area contributed by atoms with Gasteiger partial charge in [0.1, 0.15) is 6.10 Å². The lowest BCUT2D eigenvalue weighted by Crippen LogP contribution is -2.46. The van der Waals surface area contributed by atoms with Crippen molar-refractivity contribution < 1.29 is 24.5 Å². The third kappa shape index (κ3) is 43.2. The molecule has 0 radical (unpaired) electrons. The standard InChI is InChI=1S/C56H93NO5/c1-4-7-10-13-16-19-22-25-27-30-32-35-38-41-44-47-52(62-56(61)49-46-43-40-37-34-31-28-26-23-20-17-14-11-8-5-2)50-55(60)57-53(51-58)54(59)48-45-42-39-36-33-29-24-21-18-15-12-9-6-3/h8,11,14,16-17,19-20,23,25-28,31-32,34-35,41,44,52-54,58-59H,4-7,9-10,12-13,15,18,21-22,24,29-30,33,36-40,42-43,45-51H2,1-3H3,(H,57,60)/b11-8+,17-14+,19-16-,23-20-,27-25-,28-26-,34-31+,35-32-,44-41-. The van der Waals surface area contributed by atoms with Gasteiger partial charge >= 0.3 is 5.97 Å². The van der Waals surface area contributed by atoms with Crippen LogP contribution in [0.15, 0.2) is 109 Å². The van der Waals surface area contributed by atoms with E-state index in [1.54, 1.807) is 0 Å². The normalized spacial score (nSPS) is 14.2. The molecule has 0 aromatic carbocycles. The van der Waals surface area contributed by atoms with Crippen LogP contribution < -0.4 is 5.32 Å². The highest BCUT2D eigenvalue weighted by Crippen LogP contribution is 2.15. The molecule has 0 aliphatic rings. The number of aliphatic hydroxyl groups is 2. The fourth-order valence-electron chi connectivity index (χ4n) is 6.90. The van der Waals surface area contributed by atoms with E-state index in [0.717, 1.165) is 77.0 Å². The fraction of sp³-hybridized carbons (Fsp3) is 0.643. The number of unbranched alkanes of at least 4 members (excludes halogenated alkanes) is 18. The number of rotatable bonds is 43. The van der Waals surface area contributed by atoms with Crippen LogP contribution in [0.4, 0.5) is 0 Å². The van der Waals surface area contributed by atoms with Gasteiger partial charge < -0.3 is 20.3 Å². The first-order valence-electron chi connectivity index (χ1n) is 25.2. The molecule has 62 heavy (non-hydrogen) atoms. The molecule has 0 saturated carbocycles. The molecule has 352 valence electrons. The number of esters is 1. The fourth-order valence-corrected chi connectivity index (χ4v) is 6.90. The molecule has 0 rings (SSSR count). The Bertz CT molecular complexity index is 1280. The van der Waals surface area contributed by atoms with Crippen LogP contribution in [0.25, 0.3) is 0 Å². The average molecular weight is 860 g/mol. The quantitative estimate of drug-likeness (QED) is 0.0246. The first-order chi connectivity index (χ1) is 30.5. The van der Waals surface area contributed by atoms with Crippen LogP contribution in [-0.2, 0) is 14.3 Å². The minimum Gasteiger partial charge on any atom is -0.461 e. The Hall–Kier alpha value is -3.48. The monoisotopic (exact) mass is 860 g/mol. The number of hydrogen-bond acceptors (Lipinski definition) is 5. The molecule has 3 N–H and O–H groups in total. The molecule has 0 aliphatic carbocycles. The molecule has 0 saturated heterocycles. The van der Waals surface area contributed by atoms with Gasteiger partial charge in [-0.1, -0.05) is 233 Å². The molecule has 6 nitrogen and oxygen atoms in total. The summed E-state index contributed by atoms with van der Waals surface area (Å²) in [6, 6.07) is -0.746. The zero-order chi connectivity index (χ0) is 45.2. The SMILES string of the molecule is CC/C=C/C=C/C=C\C=C/C=C/CCCCCC(=O)OC(C/C=C\C/C=C\C/C=C\C/C=C\CCCCC)CC(=O)NC(CO)C(O)CCCCCCCCCCCCCCC. The lowest BCUT2D eigenvalue weighted by atomic mass is 10.0. The topological polar surface area (TPSA) is 95.9 Å². The van der Waals surface area contributed by atoms with Crippen molar-refractivity contribution in [1.82, 2.24) is 5.32 Å². The van der Waals surface area contributed by atoms with E-state index in [1.165, 1.54) is 83.5 Å². The molecular formula is C56H93NO5. The molecule has 0 aromatic heterocycles. The zero-order valence-electron chi connectivity index (χ0n) is 40.0. The lowest BCUT2D eigenvalue weighted by Gasteiger charge is -2.24. The maximum Gasteiger partial charge on any atom is 0.306 e. The number of ether oxygens (including phenoxy) is 1. The van der Waals surface area contributed by atoms with Crippen LogP contribution >= 0.6 is 0 Å².